The average molecular weight is 269 g/mol. The van der Waals surface area contributed by atoms with Crippen molar-refractivity contribution in [2.75, 3.05) is 6.54 Å². The maximum atomic E-state index is 12.2. The van der Waals surface area contributed by atoms with Crippen LogP contribution >= 0.6 is 0 Å². The van der Waals surface area contributed by atoms with Gasteiger partial charge in [-0.25, -0.2) is 10.1 Å². The van der Waals surface area contributed by atoms with E-state index >= 15 is 0 Å². The Labute approximate surface area is 104 Å². The molecule has 0 atom stereocenters. The molecule has 2 rings (SSSR count). The number of hydrazine groups is 2. The molecule has 96 valence electrons. The van der Waals surface area contributed by atoms with Crippen LogP contribution in [-0.4, -0.2) is 29.5 Å². The molecule has 0 aromatic heterocycles. The van der Waals surface area contributed by atoms with E-state index in [0.717, 1.165) is 5.56 Å². The van der Waals surface area contributed by atoms with Crippen molar-refractivity contribution in [3.63, 3.8) is 0 Å². The van der Waals surface area contributed by atoms with Crippen LogP contribution in [0.5, 0.6) is 0 Å². The maximum absolute atomic E-state index is 12.2. The van der Waals surface area contributed by atoms with Gasteiger partial charge in [0.25, 0.3) is 10.0 Å². The van der Waals surface area contributed by atoms with Gasteiger partial charge in [-0.1, -0.05) is 17.7 Å². The summed E-state index contributed by atoms with van der Waals surface area (Å²) in [6, 6.07) is 6.14. The van der Waals surface area contributed by atoms with Crippen LogP contribution in [0.3, 0.4) is 0 Å². The summed E-state index contributed by atoms with van der Waals surface area (Å²) in [5.41, 5.74) is 0.914. The molecule has 0 unspecified atom stereocenters. The molecule has 0 saturated carbocycles. The van der Waals surface area contributed by atoms with Crippen molar-refractivity contribution in [3.05, 3.63) is 52.2 Å². The third kappa shape index (κ3) is 2.02. The van der Waals surface area contributed by atoms with Gasteiger partial charge in [-0.05, 0) is 30.3 Å². The van der Waals surface area contributed by atoms with Gasteiger partial charge in [0.05, 0.1) is 4.90 Å². The van der Waals surface area contributed by atoms with Gasteiger partial charge >= 0.3 is 0 Å². The summed E-state index contributed by atoms with van der Waals surface area (Å²) in [5.74, 6) is 0. The molecule has 1 aromatic carbocycles. The maximum Gasteiger partial charge on any atom is 0.285 e. The second kappa shape index (κ2) is 4.30. The quantitative estimate of drug-likeness (QED) is 0.602. The lowest BCUT2D eigenvalue weighted by Crippen LogP contribution is -2.43. The molecule has 1 aliphatic heterocycles. The average Bonchev–Trinajstić information content (AvgIpc) is 2.79. The number of nitrogens with zero attached hydrogens (tertiary/aromatic N) is 3. The molecular formula is C10H11N3O4S. The van der Waals surface area contributed by atoms with Crippen LogP contribution in [0.4, 0.5) is 0 Å². The summed E-state index contributed by atoms with van der Waals surface area (Å²) in [6.07, 6.45) is 2.59. The molecule has 8 heteroatoms. The summed E-state index contributed by atoms with van der Waals surface area (Å²) in [5, 5.41) is 10.5. The zero-order valence-corrected chi connectivity index (χ0v) is 10.4. The van der Waals surface area contributed by atoms with E-state index < -0.39 is 15.1 Å². The van der Waals surface area contributed by atoms with Crippen molar-refractivity contribution in [2.24, 2.45) is 0 Å². The normalized spacial score (nSPS) is 15.2. The van der Waals surface area contributed by atoms with Gasteiger partial charge < -0.3 is 0 Å². The molecule has 0 aliphatic carbocycles. The molecule has 0 N–H and O–H groups in total. The second-order valence-electron chi connectivity index (χ2n) is 3.77. The zero-order chi connectivity index (χ0) is 13.3. The topological polar surface area (TPSA) is 83.8 Å². The fourth-order valence-corrected chi connectivity index (χ4v) is 2.87. The summed E-state index contributed by atoms with van der Waals surface area (Å²) in [6.45, 7) is 1.76. The minimum atomic E-state index is -3.92. The smallest absolute Gasteiger partial charge is 0.233 e. The first-order valence-corrected chi connectivity index (χ1v) is 6.56. The molecular weight excluding hydrogens is 258 g/mol. The molecule has 1 aromatic rings. The highest BCUT2D eigenvalue weighted by atomic mass is 32.2. The number of sulfonamides is 1. The van der Waals surface area contributed by atoms with E-state index in [9.17, 15) is 18.5 Å². The van der Waals surface area contributed by atoms with Crippen molar-refractivity contribution in [3.8, 4) is 0 Å². The molecule has 0 fully saturated rings. The lowest BCUT2D eigenvalue weighted by Gasteiger charge is -2.20. The number of aryl methyl sites for hydroxylation is 1. The molecule has 1 heterocycles. The molecule has 18 heavy (non-hydrogen) atoms. The van der Waals surface area contributed by atoms with Crippen LogP contribution in [0.1, 0.15) is 5.56 Å². The van der Waals surface area contributed by atoms with Gasteiger partial charge in [-0.2, -0.15) is 8.42 Å². The van der Waals surface area contributed by atoms with Crippen LogP contribution in [0.25, 0.3) is 0 Å². The summed E-state index contributed by atoms with van der Waals surface area (Å²) in [4.78, 5) is 10.7. The summed E-state index contributed by atoms with van der Waals surface area (Å²) in [7, 11) is -3.92. The molecule has 0 spiro atoms. The van der Waals surface area contributed by atoms with E-state index in [1.54, 1.807) is 12.1 Å². The molecule has 0 bridgehead atoms. The standard InChI is InChI=1S/C10H11N3O4S/c1-9-3-5-10(6-4-9)18(16,17)12-8-2-7-11(12)13(14)15/h2-6,8H,7H2,1H3. The Morgan fingerprint density at radius 3 is 2.44 bits per heavy atom. The molecule has 0 saturated heterocycles. The van der Waals surface area contributed by atoms with Gasteiger partial charge in [0.2, 0.25) is 0 Å². The lowest BCUT2D eigenvalue weighted by atomic mass is 10.2. The first-order chi connectivity index (χ1) is 8.43. The van der Waals surface area contributed by atoms with Crippen molar-refractivity contribution in [1.82, 2.24) is 9.53 Å². The van der Waals surface area contributed by atoms with Crippen LogP contribution in [0, 0.1) is 17.0 Å². The molecule has 7 nitrogen and oxygen atoms in total. The Morgan fingerprint density at radius 1 is 1.28 bits per heavy atom. The number of rotatable bonds is 3. The van der Waals surface area contributed by atoms with E-state index in [1.165, 1.54) is 24.4 Å². The first-order valence-electron chi connectivity index (χ1n) is 5.12. The number of hydrogen-bond acceptors (Lipinski definition) is 4. The Balaban J connectivity index is 2.39. The van der Waals surface area contributed by atoms with E-state index in [0.29, 0.717) is 9.53 Å². The fraction of sp³-hybridized carbons (Fsp3) is 0.200. The Kier molecular flexibility index (Phi) is 2.95. The number of nitro groups is 1. The monoisotopic (exact) mass is 269 g/mol. The van der Waals surface area contributed by atoms with Crippen LogP contribution in [0.2, 0.25) is 0 Å². The van der Waals surface area contributed by atoms with E-state index in [1.807, 2.05) is 6.92 Å². The predicted molar refractivity (Wildman–Crippen MR) is 63.0 cm³/mol. The Hall–Kier alpha value is -2.09. The van der Waals surface area contributed by atoms with Crippen LogP contribution in [-0.2, 0) is 10.0 Å². The van der Waals surface area contributed by atoms with Gasteiger partial charge in [0, 0.05) is 6.20 Å². The molecule has 1 aliphatic rings. The van der Waals surface area contributed by atoms with Gasteiger partial charge in [-0.3, -0.25) is 0 Å². The third-order valence-corrected chi connectivity index (χ3v) is 4.15. The highest BCUT2D eigenvalue weighted by molar-refractivity contribution is 7.89. The highest BCUT2D eigenvalue weighted by Crippen LogP contribution is 2.21. The summed E-state index contributed by atoms with van der Waals surface area (Å²) >= 11 is 0. The van der Waals surface area contributed by atoms with Crippen molar-refractivity contribution < 1.29 is 13.5 Å². The Bertz CT molecular complexity index is 594. The van der Waals surface area contributed by atoms with E-state index in [2.05, 4.69) is 0 Å². The number of hydrogen-bond donors (Lipinski definition) is 0. The Morgan fingerprint density at radius 2 is 1.89 bits per heavy atom. The van der Waals surface area contributed by atoms with Crippen molar-refractivity contribution >= 4 is 10.0 Å². The summed E-state index contributed by atoms with van der Waals surface area (Å²) < 4.78 is 25.0. The van der Waals surface area contributed by atoms with E-state index in [4.69, 9.17) is 0 Å². The van der Waals surface area contributed by atoms with Gasteiger partial charge in [0.15, 0.2) is 5.03 Å². The first kappa shape index (κ1) is 12.4. The minimum absolute atomic E-state index is 0.0199. The lowest BCUT2D eigenvalue weighted by molar-refractivity contribution is -0.681. The largest absolute Gasteiger partial charge is 0.285 e. The highest BCUT2D eigenvalue weighted by Gasteiger charge is 2.35. The minimum Gasteiger partial charge on any atom is -0.233 e. The number of benzene rings is 1. The van der Waals surface area contributed by atoms with E-state index in [-0.39, 0.29) is 11.4 Å². The van der Waals surface area contributed by atoms with Gasteiger partial charge in [-0.15, -0.1) is 4.41 Å². The molecule has 0 amide bonds. The van der Waals surface area contributed by atoms with Crippen molar-refractivity contribution in [1.29, 1.82) is 0 Å². The SMILES string of the molecule is Cc1ccc(S(=O)(=O)N2C=CCN2[N+](=O)[O-])cc1. The van der Waals surface area contributed by atoms with Gasteiger partial charge in [0.1, 0.15) is 6.54 Å². The second-order valence-corrected chi connectivity index (χ2v) is 5.56. The third-order valence-electron chi connectivity index (χ3n) is 2.48. The molecule has 0 radical (unpaired) electrons. The fourth-order valence-electron chi connectivity index (χ4n) is 1.55. The van der Waals surface area contributed by atoms with Crippen LogP contribution in [0.15, 0.2) is 41.4 Å². The van der Waals surface area contributed by atoms with Crippen molar-refractivity contribution in [2.45, 2.75) is 11.8 Å². The zero-order valence-electron chi connectivity index (χ0n) is 9.55. The van der Waals surface area contributed by atoms with Crippen LogP contribution < -0.4 is 0 Å². The predicted octanol–water partition coefficient (Wildman–Crippen LogP) is 0.922.